The first-order valence-corrected chi connectivity index (χ1v) is 10.3. The van der Waals surface area contributed by atoms with Gasteiger partial charge in [0, 0.05) is 24.5 Å². The minimum Gasteiger partial charge on any atom is -0.497 e. The van der Waals surface area contributed by atoms with Crippen molar-refractivity contribution in [2.75, 3.05) is 7.11 Å². The smallest absolute Gasteiger partial charge is 0.308 e. The summed E-state index contributed by atoms with van der Waals surface area (Å²) in [7, 11) is 1.45. The van der Waals surface area contributed by atoms with Crippen LogP contribution < -0.4 is 16.1 Å². The number of hydrogen-bond acceptors (Lipinski definition) is 5. The molecule has 0 unspecified atom stereocenters. The van der Waals surface area contributed by atoms with E-state index in [0.717, 1.165) is 18.4 Å². The maximum atomic E-state index is 14.8. The molecule has 0 amide bonds. The van der Waals surface area contributed by atoms with Crippen molar-refractivity contribution in [2.24, 2.45) is 0 Å². The average molecular weight is 436 g/mol. The van der Waals surface area contributed by atoms with E-state index in [9.17, 15) is 14.0 Å². The van der Waals surface area contributed by atoms with Gasteiger partial charge in [0.25, 0.3) is 5.56 Å². The Labute approximate surface area is 185 Å². The molecule has 0 saturated heterocycles. The van der Waals surface area contributed by atoms with Crippen molar-refractivity contribution in [3.8, 4) is 11.4 Å². The number of rotatable bonds is 6. The number of nitrogens with one attached hydrogen (secondary N) is 1. The third-order valence-electron chi connectivity index (χ3n) is 4.95. The highest BCUT2D eigenvalue weighted by Gasteiger charge is 2.12. The van der Waals surface area contributed by atoms with E-state index in [-0.39, 0.29) is 22.2 Å². The summed E-state index contributed by atoms with van der Waals surface area (Å²) >= 11 is 0. The van der Waals surface area contributed by atoms with Gasteiger partial charge in [0.05, 0.1) is 17.7 Å². The Morgan fingerprint density at radius 2 is 2.12 bits per heavy atom. The molecular weight excluding hydrogens is 411 g/mol. The summed E-state index contributed by atoms with van der Waals surface area (Å²) in [5, 5.41) is 0.268. The van der Waals surface area contributed by atoms with Crippen molar-refractivity contribution < 1.29 is 18.7 Å². The van der Waals surface area contributed by atoms with Crippen LogP contribution in [-0.2, 0) is 14.3 Å². The summed E-state index contributed by atoms with van der Waals surface area (Å²) in [5.41, 5.74) is 1.24. The van der Waals surface area contributed by atoms with Gasteiger partial charge in [0.2, 0.25) is 0 Å². The first kappa shape index (κ1) is 22.9. The fourth-order valence-electron chi connectivity index (χ4n) is 3.40. The number of carbonyl (C=O) groups excluding carboxylic acids is 1. The Hall–Kier alpha value is -3.74. The fourth-order valence-corrected chi connectivity index (χ4v) is 3.40. The standard InChI is InChI=1S/C25H25FN2O4/c1-5-22(31-4)23(32-16(3)29)14-20-15(2)27-24(28-25(20)30)18-11-12-19(21(26)13-18)17-9-7-6-8-10-17/h7,9-14H,2,5-6,8H2,1,3-4H3,(H,27,28,30). The van der Waals surface area contributed by atoms with Crippen LogP contribution in [0.1, 0.15) is 38.7 Å². The lowest BCUT2D eigenvalue weighted by molar-refractivity contribution is -0.136. The van der Waals surface area contributed by atoms with Crippen molar-refractivity contribution in [2.45, 2.75) is 33.1 Å². The van der Waals surface area contributed by atoms with Gasteiger partial charge in [0.15, 0.2) is 5.76 Å². The van der Waals surface area contributed by atoms with Crippen LogP contribution in [0.3, 0.4) is 0 Å². The van der Waals surface area contributed by atoms with E-state index < -0.39 is 17.3 Å². The van der Waals surface area contributed by atoms with Crippen molar-refractivity contribution >= 4 is 24.2 Å². The van der Waals surface area contributed by atoms with Crippen LogP contribution >= 0.6 is 0 Å². The SMILES string of the molecule is C=c1nc(-c2ccc(C3=CCCC=C3)c(F)c2)[nH]c(=O)c1=CC(OC(C)=O)=C(CC)OC. The van der Waals surface area contributed by atoms with E-state index in [4.69, 9.17) is 9.47 Å². The van der Waals surface area contributed by atoms with Gasteiger partial charge in [-0.3, -0.25) is 9.59 Å². The highest BCUT2D eigenvalue weighted by atomic mass is 19.1. The predicted octanol–water partition coefficient (Wildman–Crippen LogP) is 3.33. The van der Waals surface area contributed by atoms with Crippen LogP contribution in [0.4, 0.5) is 4.39 Å². The Morgan fingerprint density at radius 3 is 2.69 bits per heavy atom. The second-order valence-electron chi connectivity index (χ2n) is 7.19. The summed E-state index contributed by atoms with van der Waals surface area (Å²) in [6, 6.07) is 4.71. The Kier molecular flexibility index (Phi) is 7.20. The van der Waals surface area contributed by atoms with Crippen LogP contribution in [0.15, 0.2) is 52.7 Å². The van der Waals surface area contributed by atoms with Gasteiger partial charge in [-0.1, -0.05) is 43.9 Å². The predicted molar refractivity (Wildman–Crippen MR) is 122 cm³/mol. The molecular formula is C25H25FN2O4. The zero-order chi connectivity index (χ0) is 23.3. The number of ether oxygens (including phenoxy) is 2. The first-order chi connectivity index (χ1) is 15.3. The third kappa shape index (κ3) is 5.11. The second kappa shape index (κ2) is 10.0. The van der Waals surface area contributed by atoms with Gasteiger partial charge in [-0.25, -0.2) is 9.37 Å². The van der Waals surface area contributed by atoms with Crippen molar-refractivity contribution in [3.63, 3.8) is 0 Å². The molecule has 1 aromatic heterocycles. The first-order valence-electron chi connectivity index (χ1n) is 10.3. The Morgan fingerprint density at radius 1 is 1.34 bits per heavy atom. The van der Waals surface area contributed by atoms with E-state index in [1.165, 1.54) is 26.2 Å². The number of allylic oxidation sites excluding steroid dienone is 6. The zero-order valence-electron chi connectivity index (χ0n) is 18.3. The molecule has 2 aromatic rings. The van der Waals surface area contributed by atoms with E-state index in [1.807, 2.05) is 25.2 Å². The molecule has 0 atom stereocenters. The lowest BCUT2D eigenvalue weighted by Crippen LogP contribution is -2.42. The summed E-state index contributed by atoms with van der Waals surface area (Å²) in [6.07, 6.45) is 9.54. The van der Waals surface area contributed by atoms with Crippen LogP contribution in [0.2, 0.25) is 0 Å². The number of H-pyrrole nitrogens is 1. The molecule has 0 saturated carbocycles. The summed E-state index contributed by atoms with van der Waals surface area (Å²) in [4.78, 5) is 31.2. The minimum atomic E-state index is -0.552. The third-order valence-corrected chi connectivity index (χ3v) is 4.95. The molecule has 3 rings (SSSR count). The Bertz CT molecular complexity index is 1260. The van der Waals surface area contributed by atoms with Gasteiger partial charge in [-0.15, -0.1) is 0 Å². The average Bonchev–Trinajstić information content (AvgIpc) is 2.77. The number of carbonyl (C=O) groups is 1. The lowest BCUT2D eigenvalue weighted by atomic mass is 9.98. The normalized spacial score (nSPS) is 14.6. The van der Waals surface area contributed by atoms with Crippen LogP contribution in [0, 0.1) is 5.82 Å². The molecule has 0 fully saturated rings. The molecule has 32 heavy (non-hydrogen) atoms. The Balaban J connectivity index is 2.06. The molecule has 1 aliphatic rings. The molecule has 1 aliphatic carbocycles. The second-order valence-corrected chi connectivity index (χ2v) is 7.19. The zero-order valence-corrected chi connectivity index (χ0v) is 18.3. The number of halogens is 1. The van der Waals surface area contributed by atoms with E-state index in [2.05, 4.69) is 16.5 Å². The molecule has 1 heterocycles. The summed E-state index contributed by atoms with van der Waals surface area (Å²) < 4.78 is 25.2. The fraction of sp³-hybridized carbons (Fsp3) is 0.240. The van der Waals surface area contributed by atoms with Crippen LogP contribution in [-0.4, -0.2) is 23.0 Å². The molecule has 0 radical (unpaired) electrons. The largest absolute Gasteiger partial charge is 0.497 e. The molecule has 1 N–H and O–H groups in total. The number of nitrogens with zero attached hydrogens (tertiary/aromatic N) is 1. The lowest BCUT2D eigenvalue weighted by Gasteiger charge is -2.10. The number of benzene rings is 1. The van der Waals surface area contributed by atoms with E-state index >= 15 is 0 Å². The van der Waals surface area contributed by atoms with Crippen molar-refractivity contribution in [3.05, 3.63) is 80.2 Å². The number of esters is 1. The van der Waals surface area contributed by atoms with Crippen molar-refractivity contribution in [1.82, 2.24) is 9.97 Å². The van der Waals surface area contributed by atoms with E-state index in [1.54, 1.807) is 12.1 Å². The molecule has 0 bridgehead atoms. The highest BCUT2D eigenvalue weighted by Crippen LogP contribution is 2.26. The van der Waals surface area contributed by atoms with Gasteiger partial charge in [-0.05, 0) is 30.6 Å². The number of hydrogen-bond donors (Lipinski definition) is 1. The van der Waals surface area contributed by atoms with Crippen LogP contribution in [0.25, 0.3) is 29.6 Å². The quantitative estimate of drug-likeness (QED) is 0.555. The highest BCUT2D eigenvalue weighted by molar-refractivity contribution is 5.76. The number of aromatic nitrogens is 2. The molecule has 6 nitrogen and oxygen atoms in total. The number of aromatic amines is 1. The molecule has 166 valence electrons. The van der Waals surface area contributed by atoms with Crippen LogP contribution in [0.5, 0.6) is 0 Å². The summed E-state index contributed by atoms with van der Waals surface area (Å²) in [6.45, 7) is 6.92. The van der Waals surface area contributed by atoms with Gasteiger partial charge in [0.1, 0.15) is 17.4 Å². The molecule has 0 aliphatic heterocycles. The molecule has 0 spiro atoms. The van der Waals surface area contributed by atoms with Gasteiger partial charge in [-0.2, -0.15) is 0 Å². The topological polar surface area (TPSA) is 81.3 Å². The monoisotopic (exact) mass is 436 g/mol. The van der Waals surface area contributed by atoms with Gasteiger partial charge < -0.3 is 14.5 Å². The summed E-state index contributed by atoms with van der Waals surface area (Å²) in [5.74, 6) is -0.263. The van der Waals surface area contributed by atoms with Gasteiger partial charge >= 0.3 is 5.97 Å². The number of methoxy groups -OCH3 is 1. The molecule has 1 aromatic carbocycles. The maximum Gasteiger partial charge on any atom is 0.308 e. The minimum absolute atomic E-state index is 0.108. The van der Waals surface area contributed by atoms with Crippen molar-refractivity contribution in [1.29, 1.82) is 0 Å². The maximum absolute atomic E-state index is 14.8. The molecule has 7 heteroatoms. The van der Waals surface area contributed by atoms with E-state index in [0.29, 0.717) is 23.3 Å².